The van der Waals surface area contributed by atoms with Crippen LogP contribution in [0.2, 0.25) is 0 Å². The number of rotatable bonds is 5. The van der Waals surface area contributed by atoms with Crippen LogP contribution in [-0.4, -0.2) is 14.2 Å². The molecule has 0 N–H and O–H groups in total. The zero-order valence-electron chi connectivity index (χ0n) is 16.8. The van der Waals surface area contributed by atoms with Gasteiger partial charge in [0.15, 0.2) is 0 Å². The highest BCUT2D eigenvalue weighted by Crippen LogP contribution is 2.34. The Morgan fingerprint density at radius 2 is 0.931 bits per heavy atom. The summed E-state index contributed by atoms with van der Waals surface area (Å²) in [5, 5.41) is 0. The van der Waals surface area contributed by atoms with Gasteiger partial charge in [-0.05, 0) is 61.0 Å². The fraction of sp³-hybridized carbons (Fsp3) is 0.115. The largest absolute Gasteiger partial charge is 0.497 e. The van der Waals surface area contributed by atoms with Crippen LogP contribution in [0.15, 0.2) is 89.3 Å². The third-order valence-electron chi connectivity index (χ3n) is 4.93. The van der Waals surface area contributed by atoms with Crippen LogP contribution >= 0.6 is 0 Å². The molecule has 0 atom stereocenters. The highest BCUT2D eigenvalue weighted by atomic mass is 16.5. The normalized spacial score (nSPS) is 10.6. The Morgan fingerprint density at radius 3 is 1.38 bits per heavy atom. The van der Waals surface area contributed by atoms with Gasteiger partial charge in [0.1, 0.15) is 11.5 Å². The van der Waals surface area contributed by atoms with Gasteiger partial charge < -0.3 is 9.47 Å². The lowest BCUT2D eigenvalue weighted by molar-refractivity contribution is 0.414. The fourth-order valence-corrected chi connectivity index (χ4v) is 3.21. The summed E-state index contributed by atoms with van der Waals surface area (Å²) in [5.74, 6) is 3.28. The minimum absolute atomic E-state index is 0.802. The molecule has 144 valence electrons. The number of benzene rings is 3. The summed E-state index contributed by atoms with van der Waals surface area (Å²) < 4.78 is 16.9. The van der Waals surface area contributed by atoms with E-state index in [1.54, 1.807) is 14.2 Å². The Balaban J connectivity index is 1.84. The molecule has 0 aliphatic heterocycles. The third-order valence-corrected chi connectivity index (χ3v) is 4.93. The second-order valence-electron chi connectivity index (χ2n) is 6.90. The molecule has 0 saturated carbocycles. The summed E-state index contributed by atoms with van der Waals surface area (Å²) in [5.41, 5.74) is 5.44. The van der Waals surface area contributed by atoms with Crippen LogP contribution < -0.4 is 9.47 Å². The van der Waals surface area contributed by atoms with Gasteiger partial charge in [0.25, 0.3) is 0 Å². The minimum Gasteiger partial charge on any atom is -0.497 e. The molecule has 0 bridgehead atoms. The molecule has 0 amide bonds. The molecule has 0 aliphatic rings. The molecule has 0 unspecified atom stereocenters. The Labute approximate surface area is 171 Å². The Bertz CT molecular complexity index is 1030. The highest BCUT2D eigenvalue weighted by Gasteiger charge is 2.20. The molecule has 0 radical (unpaired) electrons. The lowest BCUT2D eigenvalue weighted by atomic mass is 10.0. The molecular weight excluding hydrogens is 360 g/mol. The maximum absolute atomic E-state index is 6.30. The standard InChI is InChI=1S/C26H23O3/c1-18-4-6-20(7-5-18)25-16-22(19-8-12-23(27-2)13-9-19)17-26(29-25)21-10-14-24(28-3)15-11-21/h4-17H,1-3H3/q+1. The molecular formula is C26H23O3+. The average Bonchev–Trinajstić information content (AvgIpc) is 2.79. The van der Waals surface area contributed by atoms with E-state index in [1.807, 2.05) is 36.4 Å². The Morgan fingerprint density at radius 1 is 0.517 bits per heavy atom. The number of hydrogen-bond acceptors (Lipinski definition) is 2. The van der Waals surface area contributed by atoms with Gasteiger partial charge >= 0.3 is 11.5 Å². The van der Waals surface area contributed by atoms with Crippen LogP contribution in [0.3, 0.4) is 0 Å². The molecule has 0 spiro atoms. The van der Waals surface area contributed by atoms with Gasteiger partial charge in [0, 0.05) is 5.56 Å². The van der Waals surface area contributed by atoms with Crippen molar-refractivity contribution in [2.75, 3.05) is 14.2 Å². The van der Waals surface area contributed by atoms with E-state index in [-0.39, 0.29) is 0 Å². The first-order valence-corrected chi connectivity index (χ1v) is 9.50. The summed E-state index contributed by atoms with van der Waals surface area (Å²) in [6.45, 7) is 2.08. The molecule has 3 aromatic carbocycles. The van der Waals surface area contributed by atoms with E-state index in [2.05, 4.69) is 55.5 Å². The van der Waals surface area contributed by atoms with Gasteiger partial charge in [-0.3, -0.25) is 0 Å². The first-order chi connectivity index (χ1) is 14.2. The van der Waals surface area contributed by atoms with Crippen molar-refractivity contribution in [3.63, 3.8) is 0 Å². The van der Waals surface area contributed by atoms with E-state index in [1.165, 1.54) is 5.56 Å². The van der Waals surface area contributed by atoms with Crippen molar-refractivity contribution in [3.05, 3.63) is 90.5 Å². The monoisotopic (exact) mass is 383 g/mol. The summed E-state index contributed by atoms with van der Waals surface area (Å²) >= 11 is 0. The first kappa shape index (κ1) is 18.8. The molecule has 1 heterocycles. The van der Waals surface area contributed by atoms with Crippen molar-refractivity contribution in [3.8, 4) is 45.3 Å². The lowest BCUT2D eigenvalue weighted by Crippen LogP contribution is -1.88. The van der Waals surface area contributed by atoms with E-state index in [0.717, 1.165) is 45.3 Å². The molecule has 3 heteroatoms. The summed E-state index contributed by atoms with van der Waals surface area (Å²) in [6, 6.07) is 28.5. The maximum atomic E-state index is 6.30. The van der Waals surface area contributed by atoms with E-state index >= 15 is 0 Å². The second kappa shape index (κ2) is 8.19. The zero-order chi connectivity index (χ0) is 20.2. The maximum Gasteiger partial charge on any atom is 0.361 e. The van der Waals surface area contributed by atoms with E-state index in [9.17, 15) is 0 Å². The molecule has 29 heavy (non-hydrogen) atoms. The number of methoxy groups -OCH3 is 2. The van der Waals surface area contributed by atoms with Crippen molar-refractivity contribution >= 4 is 0 Å². The SMILES string of the molecule is COc1ccc(-c2cc(-c3ccc(C)cc3)[o+]c(-c3ccc(OC)cc3)c2)cc1. The third kappa shape index (κ3) is 4.14. The van der Waals surface area contributed by atoms with Gasteiger partial charge in [0.05, 0.1) is 37.5 Å². The summed E-state index contributed by atoms with van der Waals surface area (Å²) in [4.78, 5) is 0. The smallest absolute Gasteiger partial charge is 0.361 e. The van der Waals surface area contributed by atoms with Crippen molar-refractivity contribution in [2.45, 2.75) is 6.92 Å². The molecule has 0 fully saturated rings. The lowest BCUT2D eigenvalue weighted by Gasteiger charge is -2.05. The molecule has 4 aromatic rings. The van der Waals surface area contributed by atoms with E-state index < -0.39 is 0 Å². The van der Waals surface area contributed by atoms with Crippen molar-refractivity contribution in [1.82, 2.24) is 0 Å². The number of aryl methyl sites for hydroxylation is 1. The van der Waals surface area contributed by atoms with E-state index in [0.29, 0.717) is 0 Å². The summed E-state index contributed by atoms with van der Waals surface area (Å²) in [7, 11) is 3.34. The molecule has 4 rings (SSSR count). The number of ether oxygens (including phenoxy) is 2. The number of hydrogen-bond donors (Lipinski definition) is 0. The van der Waals surface area contributed by atoms with Gasteiger partial charge in [-0.1, -0.05) is 29.8 Å². The zero-order valence-corrected chi connectivity index (χ0v) is 16.8. The van der Waals surface area contributed by atoms with Gasteiger partial charge in [0.2, 0.25) is 0 Å². The summed E-state index contributed by atoms with van der Waals surface area (Å²) in [6.07, 6.45) is 0. The van der Waals surface area contributed by atoms with Crippen LogP contribution in [0.1, 0.15) is 5.56 Å². The first-order valence-electron chi connectivity index (χ1n) is 9.50. The Hall–Kier alpha value is -3.59. The molecule has 3 nitrogen and oxygen atoms in total. The Kier molecular flexibility index (Phi) is 5.30. The highest BCUT2D eigenvalue weighted by molar-refractivity contribution is 5.75. The molecule has 0 aliphatic carbocycles. The molecule has 1 aromatic heterocycles. The fourth-order valence-electron chi connectivity index (χ4n) is 3.21. The second-order valence-corrected chi connectivity index (χ2v) is 6.90. The van der Waals surface area contributed by atoms with Gasteiger partial charge in [-0.2, -0.15) is 0 Å². The van der Waals surface area contributed by atoms with Crippen LogP contribution in [0, 0.1) is 6.92 Å². The van der Waals surface area contributed by atoms with Crippen LogP contribution in [0.25, 0.3) is 33.8 Å². The quantitative estimate of drug-likeness (QED) is 0.352. The van der Waals surface area contributed by atoms with Crippen LogP contribution in [-0.2, 0) is 0 Å². The van der Waals surface area contributed by atoms with Crippen molar-refractivity contribution < 1.29 is 13.9 Å². The molecule has 0 saturated heterocycles. The van der Waals surface area contributed by atoms with Crippen molar-refractivity contribution in [1.29, 1.82) is 0 Å². The van der Waals surface area contributed by atoms with Gasteiger partial charge in [-0.15, -0.1) is 0 Å². The van der Waals surface area contributed by atoms with Gasteiger partial charge in [-0.25, -0.2) is 4.42 Å². The van der Waals surface area contributed by atoms with Crippen LogP contribution in [0.4, 0.5) is 0 Å². The van der Waals surface area contributed by atoms with Crippen LogP contribution in [0.5, 0.6) is 11.5 Å². The predicted molar refractivity (Wildman–Crippen MR) is 117 cm³/mol. The topological polar surface area (TPSA) is 29.8 Å². The van der Waals surface area contributed by atoms with E-state index in [4.69, 9.17) is 13.9 Å². The predicted octanol–water partition coefficient (Wildman–Crippen LogP) is 6.89. The van der Waals surface area contributed by atoms with Crippen molar-refractivity contribution in [2.24, 2.45) is 0 Å². The average molecular weight is 383 g/mol. The minimum atomic E-state index is 0.802.